The summed E-state index contributed by atoms with van der Waals surface area (Å²) in [6, 6.07) is 12.2. The maximum Gasteiger partial charge on any atom is 0.494 e. The number of pyridine rings is 1. The minimum Gasteiger partial charge on any atom is -0.399 e. The van der Waals surface area contributed by atoms with Gasteiger partial charge < -0.3 is 9.31 Å². The summed E-state index contributed by atoms with van der Waals surface area (Å²) in [6.45, 7) is 10.2. The van der Waals surface area contributed by atoms with Crippen molar-refractivity contribution in [1.82, 2.24) is 4.98 Å². The second-order valence-electron chi connectivity index (χ2n) is 7.49. The molecule has 4 nitrogen and oxygen atoms in total. The first-order chi connectivity index (χ1) is 11.7. The van der Waals surface area contributed by atoms with Crippen LogP contribution in [0.5, 0.6) is 0 Å². The first-order valence-electron chi connectivity index (χ1n) is 8.52. The molecule has 5 heteroatoms. The van der Waals surface area contributed by atoms with Gasteiger partial charge in [-0.2, -0.15) is 5.26 Å². The van der Waals surface area contributed by atoms with E-state index in [2.05, 4.69) is 17.1 Å². The molecule has 2 aromatic rings. The Kier molecular flexibility index (Phi) is 4.44. The van der Waals surface area contributed by atoms with Crippen LogP contribution in [-0.2, 0) is 15.7 Å². The number of aromatic nitrogens is 1. The van der Waals surface area contributed by atoms with Crippen molar-refractivity contribution in [2.45, 2.75) is 52.2 Å². The van der Waals surface area contributed by atoms with E-state index in [1.807, 2.05) is 58.9 Å². The van der Waals surface area contributed by atoms with E-state index in [0.717, 1.165) is 27.8 Å². The Bertz CT molecular complexity index is 824. The van der Waals surface area contributed by atoms with E-state index < -0.39 is 7.12 Å². The third kappa shape index (κ3) is 3.20. The summed E-state index contributed by atoms with van der Waals surface area (Å²) in [6.07, 6.45) is 2.15. The summed E-state index contributed by atoms with van der Waals surface area (Å²) >= 11 is 0. The molecule has 0 amide bonds. The first kappa shape index (κ1) is 17.7. The third-order valence-corrected chi connectivity index (χ3v) is 5.27. The number of hydrogen-bond acceptors (Lipinski definition) is 4. The van der Waals surface area contributed by atoms with Gasteiger partial charge in [0.15, 0.2) is 0 Å². The van der Waals surface area contributed by atoms with Crippen molar-refractivity contribution in [2.75, 3.05) is 0 Å². The maximum atomic E-state index is 8.99. The second-order valence-corrected chi connectivity index (χ2v) is 7.49. The van der Waals surface area contributed by atoms with Gasteiger partial charge in [-0.15, -0.1) is 0 Å². The Morgan fingerprint density at radius 3 is 2.44 bits per heavy atom. The predicted molar refractivity (Wildman–Crippen MR) is 99.4 cm³/mol. The van der Waals surface area contributed by atoms with Gasteiger partial charge in [-0.3, -0.25) is 4.98 Å². The maximum absolute atomic E-state index is 8.99. The molecule has 1 aromatic carbocycles. The van der Waals surface area contributed by atoms with Crippen molar-refractivity contribution in [3.05, 3.63) is 47.7 Å². The van der Waals surface area contributed by atoms with E-state index in [-0.39, 0.29) is 11.2 Å². The summed E-state index contributed by atoms with van der Waals surface area (Å²) in [7, 11) is -0.396. The lowest BCUT2D eigenvalue weighted by Gasteiger charge is -2.32. The zero-order valence-corrected chi connectivity index (χ0v) is 15.5. The van der Waals surface area contributed by atoms with Crippen LogP contribution in [0.15, 0.2) is 36.5 Å². The Labute approximate surface area is 149 Å². The van der Waals surface area contributed by atoms with Crippen LogP contribution in [0.2, 0.25) is 0 Å². The molecular weight excluding hydrogens is 311 g/mol. The van der Waals surface area contributed by atoms with Gasteiger partial charge in [0.05, 0.1) is 29.4 Å². The van der Waals surface area contributed by atoms with Crippen molar-refractivity contribution in [2.24, 2.45) is 0 Å². The molecule has 1 saturated heterocycles. The predicted octanol–water partition coefficient (Wildman–Crippen LogP) is 3.42. The molecule has 1 aliphatic heterocycles. The molecule has 0 bridgehead atoms. The minimum absolute atomic E-state index is 0.367. The average molecular weight is 334 g/mol. The lowest BCUT2D eigenvalue weighted by molar-refractivity contribution is 0.00578. The van der Waals surface area contributed by atoms with Gasteiger partial charge in [0.25, 0.3) is 0 Å². The van der Waals surface area contributed by atoms with Crippen molar-refractivity contribution >= 4 is 12.6 Å². The molecule has 0 saturated carbocycles. The van der Waals surface area contributed by atoms with E-state index in [9.17, 15) is 0 Å². The van der Waals surface area contributed by atoms with Crippen LogP contribution in [-0.4, -0.2) is 23.3 Å². The van der Waals surface area contributed by atoms with Gasteiger partial charge in [0, 0.05) is 11.8 Å². The van der Waals surface area contributed by atoms with Crippen molar-refractivity contribution in [1.29, 1.82) is 5.26 Å². The highest BCUT2D eigenvalue weighted by molar-refractivity contribution is 6.62. The monoisotopic (exact) mass is 334 g/mol. The summed E-state index contributed by atoms with van der Waals surface area (Å²) < 4.78 is 12.3. The van der Waals surface area contributed by atoms with E-state index in [0.29, 0.717) is 6.42 Å². The lowest BCUT2D eigenvalue weighted by Crippen LogP contribution is -2.41. The van der Waals surface area contributed by atoms with Gasteiger partial charge in [-0.25, -0.2) is 0 Å². The molecule has 0 aliphatic carbocycles. The number of hydrogen-bond donors (Lipinski definition) is 0. The largest absolute Gasteiger partial charge is 0.494 e. The average Bonchev–Trinajstić information content (AvgIpc) is 2.78. The molecule has 1 fully saturated rings. The smallest absolute Gasteiger partial charge is 0.399 e. The Balaban J connectivity index is 1.97. The molecule has 25 heavy (non-hydrogen) atoms. The van der Waals surface area contributed by atoms with Gasteiger partial charge in [0.2, 0.25) is 0 Å². The number of nitrogens with zero attached hydrogens (tertiary/aromatic N) is 2. The SMILES string of the molecule is Cc1c(CC#N)ccnc1-c1cccc(B2OC(C)(C)C(C)(C)O2)c1. The van der Waals surface area contributed by atoms with Crippen LogP contribution >= 0.6 is 0 Å². The van der Waals surface area contributed by atoms with Gasteiger partial charge in [-0.05, 0) is 57.3 Å². The highest BCUT2D eigenvalue weighted by Gasteiger charge is 2.51. The van der Waals surface area contributed by atoms with Crippen molar-refractivity contribution in [3.8, 4) is 17.3 Å². The van der Waals surface area contributed by atoms with E-state index in [1.54, 1.807) is 6.20 Å². The number of rotatable bonds is 3. The molecule has 128 valence electrons. The van der Waals surface area contributed by atoms with Gasteiger partial charge in [-0.1, -0.05) is 24.3 Å². The van der Waals surface area contributed by atoms with Crippen molar-refractivity contribution in [3.63, 3.8) is 0 Å². The Morgan fingerprint density at radius 2 is 1.80 bits per heavy atom. The summed E-state index contributed by atoms with van der Waals surface area (Å²) in [5.74, 6) is 0. The highest BCUT2D eigenvalue weighted by Crippen LogP contribution is 2.36. The minimum atomic E-state index is -0.396. The molecule has 0 spiro atoms. The van der Waals surface area contributed by atoms with Crippen LogP contribution in [0, 0.1) is 18.3 Å². The molecule has 2 heterocycles. The van der Waals surface area contributed by atoms with Crippen LogP contribution in [0.25, 0.3) is 11.3 Å². The van der Waals surface area contributed by atoms with Crippen LogP contribution in [0.3, 0.4) is 0 Å². The third-order valence-electron chi connectivity index (χ3n) is 5.27. The summed E-state index contributed by atoms with van der Waals surface area (Å²) in [5.41, 5.74) is 4.19. The molecule has 3 rings (SSSR count). The molecular formula is C20H23BN2O2. The fourth-order valence-corrected chi connectivity index (χ4v) is 2.96. The van der Waals surface area contributed by atoms with Crippen LogP contribution in [0.4, 0.5) is 0 Å². The van der Waals surface area contributed by atoms with E-state index >= 15 is 0 Å². The van der Waals surface area contributed by atoms with Crippen LogP contribution in [0.1, 0.15) is 38.8 Å². The lowest BCUT2D eigenvalue weighted by atomic mass is 9.78. The van der Waals surface area contributed by atoms with E-state index in [1.165, 1.54) is 0 Å². The molecule has 0 unspecified atom stereocenters. The van der Waals surface area contributed by atoms with Crippen molar-refractivity contribution < 1.29 is 9.31 Å². The molecule has 0 N–H and O–H groups in total. The highest BCUT2D eigenvalue weighted by atomic mass is 16.7. The van der Waals surface area contributed by atoms with E-state index in [4.69, 9.17) is 14.6 Å². The Hall–Kier alpha value is -2.16. The quantitative estimate of drug-likeness (QED) is 0.807. The standard InChI is InChI=1S/C20H23BN2O2/c1-14-15(9-11-22)10-12-23-18(14)16-7-6-8-17(13-16)21-24-19(2,3)20(4,5)25-21/h6-8,10,12-13H,9H2,1-5H3. The fourth-order valence-electron chi connectivity index (χ4n) is 2.96. The van der Waals surface area contributed by atoms with Gasteiger partial charge >= 0.3 is 7.12 Å². The Morgan fingerprint density at radius 1 is 1.12 bits per heavy atom. The van der Waals surface area contributed by atoms with Crippen LogP contribution < -0.4 is 5.46 Å². The molecule has 1 aromatic heterocycles. The first-order valence-corrected chi connectivity index (χ1v) is 8.52. The summed E-state index contributed by atoms with van der Waals surface area (Å²) in [5, 5.41) is 8.99. The fraction of sp³-hybridized carbons (Fsp3) is 0.400. The normalized spacial score (nSPS) is 18.2. The van der Waals surface area contributed by atoms with Gasteiger partial charge in [0.1, 0.15) is 0 Å². The molecule has 0 radical (unpaired) electrons. The summed E-state index contributed by atoms with van der Waals surface area (Å²) in [4.78, 5) is 4.53. The zero-order valence-electron chi connectivity index (χ0n) is 15.5. The molecule has 0 atom stereocenters. The second kappa shape index (κ2) is 6.29. The number of nitriles is 1. The zero-order chi connectivity index (χ0) is 18.2. The topological polar surface area (TPSA) is 55.1 Å². The molecule has 1 aliphatic rings. The number of benzene rings is 1.